The molecule has 1 aromatic heterocycles. The molecular formula is C22H21F3N4O4. The highest BCUT2D eigenvalue weighted by atomic mass is 19.4. The van der Waals surface area contributed by atoms with Crippen molar-refractivity contribution in [3.63, 3.8) is 0 Å². The first-order valence-electron chi connectivity index (χ1n) is 10.1. The van der Waals surface area contributed by atoms with Gasteiger partial charge in [0.15, 0.2) is 0 Å². The molecule has 2 atom stereocenters. The second kappa shape index (κ2) is 9.10. The molecule has 0 spiro atoms. The Balaban J connectivity index is 1.39. The number of nitrogens with one attached hydrogen (secondary N) is 1. The summed E-state index contributed by atoms with van der Waals surface area (Å²) in [6.07, 6.45) is -4.19. The van der Waals surface area contributed by atoms with Crippen LogP contribution in [-0.2, 0) is 0 Å². The molecule has 174 valence electrons. The van der Waals surface area contributed by atoms with Gasteiger partial charge < -0.3 is 19.3 Å². The largest absolute Gasteiger partial charge is 0.573 e. The summed E-state index contributed by atoms with van der Waals surface area (Å²) in [7, 11) is 3.45. The number of carbonyl (C=O) groups excluding carboxylic acids is 1. The van der Waals surface area contributed by atoms with Crippen LogP contribution < -0.4 is 14.8 Å². The first-order chi connectivity index (χ1) is 15.7. The van der Waals surface area contributed by atoms with Gasteiger partial charge in [-0.2, -0.15) is 4.98 Å². The van der Waals surface area contributed by atoms with Crippen LogP contribution in [0.5, 0.6) is 11.5 Å². The van der Waals surface area contributed by atoms with Crippen molar-refractivity contribution in [2.45, 2.75) is 24.9 Å². The number of benzene rings is 2. The molecule has 3 aromatic rings. The maximum Gasteiger partial charge on any atom is 0.573 e. The van der Waals surface area contributed by atoms with E-state index in [0.29, 0.717) is 35.7 Å². The number of likely N-dealkylation sites (N-methyl/N-ethyl adjacent to an activating group) is 1. The highest BCUT2D eigenvalue weighted by Crippen LogP contribution is 2.32. The predicted molar refractivity (Wildman–Crippen MR) is 111 cm³/mol. The minimum Gasteiger partial charge on any atom is -0.497 e. The fraction of sp³-hybridized carbons (Fsp3) is 0.318. The van der Waals surface area contributed by atoms with Crippen LogP contribution in [0.2, 0.25) is 0 Å². The number of ether oxygens (including phenoxy) is 2. The molecule has 0 radical (unpaired) electrons. The Morgan fingerprint density at radius 2 is 1.79 bits per heavy atom. The average Bonchev–Trinajstić information content (AvgIpc) is 3.40. The van der Waals surface area contributed by atoms with Crippen LogP contribution in [0.3, 0.4) is 0 Å². The summed E-state index contributed by atoms with van der Waals surface area (Å²) in [5, 5.41) is 6.95. The molecule has 0 saturated carbocycles. The summed E-state index contributed by atoms with van der Waals surface area (Å²) in [6, 6.07) is 11.7. The zero-order valence-corrected chi connectivity index (χ0v) is 17.8. The molecule has 0 aliphatic carbocycles. The van der Waals surface area contributed by atoms with Crippen LogP contribution in [0.1, 0.15) is 28.7 Å². The first kappa shape index (κ1) is 22.6. The van der Waals surface area contributed by atoms with Crippen molar-refractivity contribution in [3.05, 3.63) is 60.0 Å². The zero-order chi connectivity index (χ0) is 23.6. The van der Waals surface area contributed by atoms with Gasteiger partial charge in [0.1, 0.15) is 11.5 Å². The van der Waals surface area contributed by atoms with E-state index < -0.39 is 6.36 Å². The van der Waals surface area contributed by atoms with Crippen molar-refractivity contribution in [1.29, 1.82) is 0 Å². The summed E-state index contributed by atoms with van der Waals surface area (Å²) >= 11 is 0. The molecule has 2 aromatic carbocycles. The van der Waals surface area contributed by atoms with E-state index in [-0.39, 0.29) is 29.6 Å². The highest BCUT2D eigenvalue weighted by Gasteiger charge is 2.35. The molecule has 1 fully saturated rings. The Bertz CT molecular complexity index is 1100. The minimum absolute atomic E-state index is 0.122. The molecular weight excluding hydrogens is 441 g/mol. The van der Waals surface area contributed by atoms with Crippen LogP contribution in [-0.4, -0.2) is 54.1 Å². The van der Waals surface area contributed by atoms with Crippen molar-refractivity contribution in [3.8, 4) is 22.9 Å². The van der Waals surface area contributed by atoms with Gasteiger partial charge >= 0.3 is 6.36 Å². The number of alkyl halides is 3. The lowest BCUT2D eigenvalue weighted by atomic mass is 10.1. The molecule has 33 heavy (non-hydrogen) atoms. The molecule has 1 N–H and O–H groups in total. The van der Waals surface area contributed by atoms with Gasteiger partial charge in [-0.25, -0.2) is 0 Å². The predicted octanol–water partition coefficient (Wildman–Crippen LogP) is 3.82. The maximum atomic E-state index is 12.6. The summed E-state index contributed by atoms with van der Waals surface area (Å²) in [5.41, 5.74) is 1.02. The lowest BCUT2D eigenvalue weighted by Gasteiger charge is -2.14. The Morgan fingerprint density at radius 1 is 1.12 bits per heavy atom. The number of nitrogens with zero attached hydrogens (tertiary/aromatic N) is 3. The highest BCUT2D eigenvalue weighted by molar-refractivity contribution is 5.94. The fourth-order valence-corrected chi connectivity index (χ4v) is 3.70. The van der Waals surface area contributed by atoms with E-state index in [0.717, 1.165) is 0 Å². The van der Waals surface area contributed by atoms with Crippen molar-refractivity contribution in [2.24, 2.45) is 0 Å². The molecule has 1 aliphatic rings. The third kappa shape index (κ3) is 5.43. The number of amides is 1. The molecule has 4 rings (SSSR count). The molecule has 0 bridgehead atoms. The normalized spacial score (nSPS) is 18.8. The third-order valence-corrected chi connectivity index (χ3v) is 5.31. The maximum absolute atomic E-state index is 12.6. The van der Waals surface area contributed by atoms with E-state index >= 15 is 0 Å². The average molecular weight is 462 g/mol. The van der Waals surface area contributed by atoms with Crippen LogP contribution in [0.25, 0.3) is 11.4 Å². The van der Waals surface area contributed by atoms with Gasteiger partial charge in [0, 0.05) is 23.7 Å². The number of hydrogen-bond donors (Lipinski definition) is 1. The third-order valence-electron chi connectivity index (χ3n) is 5.31. The van der Waals surface area contributed by atoms with E-state index in [1.54, 1.807) is 31.4 Å². The van der Waals surface area contributed by atoms with Crippen molar-refractivity contribution in [2.75, 3.05) is 20.7 Å². The van der Waals surface area contributed by atoms with E-state index in [2.05, 4.69) is 20.2 Å². The van der Waals surface area contributed by atoms with Crippen molar-refractivity contribution >= 4 is 5.91 Å². The van der Waals surface area contributed by atoms with Crippen LogP contribution >= 0.6 is 0 Å². The first-order valence-corrected chi connectivity index (χ1v) is 10.1. The van der Waals surface area contributed by atoms with Crippen LogP contribution in [0.4, 0.5) is 13.2 Å². The van der Waals surface area contributed by atoms with Crippen LogP contribution in [0.15, 0.2) is 53.1 Å². The molecule has 8 nitrogen and oxygen atoms in total. The number of hydrogen-bond acceptors (Lipinski definition) is 7. The second-order valence-corrected chi connectivity index (χ2v) is 7.62. The Morgan fingerprint density at radius 3 is 2.42 bits per heavy atom. The molecule has 1 amide bonds. The summed E-state index contributed by atoms with van der Waals surface area (Å²) < 4.78 is 51.3. The number of methoxy groups -OCH3 is 1. The lowest BCUT2D eigenvalue weighted by molar-refractivity contribution is -0.274. The molecule has 1 saturated heterocycles. The summed E-state index contributed by atoms with van der Waals surface area (Å²) in [4.78, 5) is 18.9. The van der Waals surface area contributed by atoms with Gasteiger partial charge in [-0.15, -0.1) is 13.2 Å². The number of halogens is 3. The van der Waals surface area contributed by atoms with E-state index in [9.17, 15) is 18.0 Å². The number of carbonyl (C=O) groups is 1. The SMILES string of the molecule is COc1ccc(C(=O)NC2CC(c3nc(-c4ccc(OC(F)(F)F)cc4)no3)N(C)C2)cc1. The Hall–Kier alpha value is -3.60. The van der Waals surface area contributed by atoms with Gasteiger partial charge in [0.05, 0.1) is 13.2 Å². The fourth-order valence-electron chi connectivity index (χ4n) is 3.70. The quantitative estimate of drug-likeness (QED) is 0.596. The summed E-state index contributed by atoms with van der Waals surface area (Å²) in [6.45, 7) is 0.591. The lowest BCUT2D eigenvalue weighted by Crippen LogP contribution is -2.36. The monoisotopic (exact) mass is 462 g/mol. The minimum atomic E-state index is -4.76. The standard InChI is InChI=1S/C22H21F3N4O4/c1-29-12-15(26-20(30)14-5-7-16(31-2)8-6-14)11-18(29)21-27-19(28-33-21)13-3-9-17(10-4-13)32-22(23,24)25/h3-10,15,18H,11-12H2,1-2H3,(H,26,30). The van der Waals surface area contributed by atoms with E-state index in [1.807, 2.05) is 11.9 Å². The van der Waals surface area contributed by atoms with E-state index in [1.165, 1.54) is 24.3 Å². The van der Waals surface area contributed by atoms with Gasteiger partial charge in [-0.1, -0.05) is 5.16 Å². The number of aromatic nitrogens is 2. The van der Waals surface area contributed by atoms with Gasteiger partial charge in [0.25, 0.3) is 5.91 Å². The van der Waals surface area contributed by atoms with Crippen molar-refractivity contribution < 1.29 is 32.0 Å². The summed E-state index contributed by atoms with van der Waals surface area (Å²) in [5.74, 6) is 0.763. The topological polar surface area (TPSA) is 89.7 Å². The van der Waals surface area contributed by atoms with Gasteiger partial charge in [-0.3, -0.25) is 9.69 Å². The molecule has 11 heteroatoms. The molecule has 2 heterocycles. The number of likely N-dealkylation sites (tertiary alicyclic amines) is 1. The van der Waals surface area contributed by atoms with Gasteiger partial charge in [0.2, 0.25) is 11.7 Å². The zero-order valence-electron chi connectivity index (χ0n) is 17.8. The van der Waals surface area contributed by atoms with Crippen LogP contribution in [0, 0.1) is 0 Å². The van der Waals surface area contributed by atoms with Crippen molar-refractivity contribution in [1.82, 2.24) is 20.4 Å². The Kier molecular flexibility index (Phi) is 6.23. The molecule has 1 aliphatic heterocycles. The smallest absolute Gasteiger partial charge is 0.497 e. The number of rotatable bonds is 6. The van der Waals surface area contributed by atoms with E-state index in [4.69, 9.17) is 9.26 Å². The molecule has 2 unspecified atom stereocenters. The Labute approximate surface area is 187 Å². The second-order valence-electron chi connectivity index (χ2n) is 7.62. The van der Waals surface area contributed by atoms with Gasteiger partial charge in [-0.05, 0) is 62.0 Å².